The summed E-state index contributed by atoms with van der Waals surface area (Å²) in [6, 6.07) is 0. The third-order valence-electron chi connectivity index (χ3n) is 4.36. The minimum Gasteiger partial charge on any atom is -0.480 e. The smallest absolute Gasteiger partial charge is 0.332 e. The van der Waals surface area contributed by atoms with Gasteiger partial charge in [-0.2, -0.15) is 0 Å². The predicted octanol–water partition coefficient (Wildman–Crippen LogP) is 5.67. The molecule has 0 aliphatic rings. The van der Waals surface area contributed by atoms with Crippen molar-refractivity contribution in [2.75, 3.05) is 19.8 Å². The Morgan fingerprint density at radius 3 is 1.81 bits per heavy atom. The van der Waals surface area contributed by atoms with E-state index in [9.17, 15) is 9.59 Å². The molecular formula is C22H40O5. The molecule has 0 radical (unpaired) electrons. The Morgan fingerprint density at radius 1 is 0.741 bits per heavy atom. The van der Waals surface area contributed by atoms with E-state index in [0.717, 1.165) is 19.3 Å². The lowest BCUT2D eigenvalue weighted by molar-refractivity contribution is -0.152. The number of carbonyl (C=O) groups is 2. The standard InChI is InChI=1S/C22H40O5/c1-2-3-4-5-6-7-8-9-10-11-12-13-14-15-16-17-18-27-22(25)20-26-19-21(23)24/h9-10H,2-8,11-20H2,1H3,(H,23,24)/b10-9-. The van der Waals surface area contributed by atoms with Crippen LogP contribution in [0.3, 0.4) is 0 Å². The van der Waals surface area contributed by atoms with Gasteiger partial charge in [0.15, 0.2) is 0 Å². The van der Waals surface area contributed by atoms with Gasteiger partial charge >= 0.3 is 11.9 Å². The van der Waals surface area contributed by atoms with Gasteiger partial charge in [-0.05, 0) is 32.1 Å². The molecule has 5 nitrogen and oxygen atoms in total. The van der Waals surface area contributed by atoms with Crippen molar-refractivity contribution in [1.29, 1.82) is 0 Å². The number of hydrogen-bond acceptors (Lipinski definition) is 4. The molecule has 27 heavy (non-hydrogen) atoms. The van der Waals surface area contributed by atoms with E-state index in [1.54, 1.807) is 0 Å². The first kappa shape index (κ1) is 25.6. The summed E-state index contributed by atoms with van der Waals surface area (Å²) in [7, 11) is 0. The zero-order valence-corrected chi connectivity index (χ0v) is 17.3. The molecule has 0 fully saturated rings. The first-order chi connectivity index (χ1) is 13.2. The molecule has 0 amide bonds. The first-order valence-electron chi connectivity index (χ1n) is 10.8. The van der Waals surface area contributed by atoms with Gasteiger partial charge in [-0.3, -0.25) is 0 Å². The van der Waals surface area contributed by atoms with Crippen molar-refractivity contribution in [3.05, 3.63) is 12.2 Å². The SMILES string of the molecule is CCCCCCCC/C=C\CCCCCCCCOC(=O)COCC(=O)O. The molecule has 5 heteroatoms. The number of carboxylic acid groups (broad SMARTS) is 1. The van der Waals surface area contributed by atoms with Gasteiger partial charge < -0.3 is 14.6 Å². The summed E-state index contributed by atoms with van der Waals surface area (Å²) in [5.74, 6) is -1.58. The maximum atomic E-state index is 11.2. The van der Waals surface area contributed by atoms with E-state index in [0.29, 0.717) is 6.61 Å². The van der Waals surface area contributed by atoms with Gasteiger partial charge in [-0.15, -0.1) is 0 Å². The largest absolute Gasteiger partial charge is 0.480 e. The molecule has 1 N–H and O–H groups in total. The minimum atomic E-state index is -1.09. The number of esters is 1. The number of aliphatic carboxylic acids is 1. The number of hydrogen-bond donors (Lipinski definition) is 1. The summed E-state index contributed by atoms with van der Waals surface area (Å²) in [4.78, 5) is 21.5. The van der Waals surface area contributed by atoms with Gasteiger partial charge in [0.25, 0.3) is 0 Å². The molecule has 0 aliphatic carbocycles. The predicted molar refractivity (Wildman–Crippen MR) is 109 cm³/mol. The second-order valence-electron chi connectivity index (χ2n) is 7.04. The number of ether oxygens (including phenoxy) is 2. The lowest BCUT2D eigenvalue weighted by Crippen LogP contribution is -2.16. The van der Waals surface area contributed by atoms with Crippen molar-refractivity contribution in [2.24, 2.45) is 0 Å². The van der Waals surface area contributed by atoms with Crippen LogP contribution in [0.5, 0.6) is 0 Å². The van der Waals surface area contributed by atoms with Crippen molar-refractivity contribution in [2.45, 2.75) is 96.8 Å². The fourth-order valence-corrected chi connectivity index (χ4v) is 2.80. The Kier molecular flexibility index (Phi) is 19.9. The fourth-order valence-electron chi connectivity index (χ4n) is 2.80. The second-order valence-corrected chi connectivity index (χ2v) is 7.04. The molecule has 0 unspecified atom stereocenters. The van der Waals surface area contributed by atoms with Crippen molar-refractivity contribution in [3.63, 3.8) is 0 Å². The molecule has 0 rings (SSSR count). The lowest BCUT2D eigenvalue weighted by Gasteiger charge is -2.05. The van der Waals surface area contributed by atoms with Crippen LogP contribution in [0.2, 0.25) is 0 Å². The van der Waals surface area contributed by atoms with Gasteiger partial charge in [-0.25, -0.2) is 9.59 Å². The maximum Gasteiger partial charge on any atom is 0.332 e. The van der Waals surface area contributed by atoms with Crippen molar-refractivity contribution >= 4 is 11.9 Å². The van der Waals surface area contributed by atoms with Crippen molar-refractivity contribution in [3.8, 4) is 0 Å². The van der Waals surface area contributed by atoms with Crippen molar-refractivity contribution in [1.82, 2.24) is 0 Å². The summed E-state index contributed by atoms with van der Waals surface area (Å²) < 4.78 is 9.64. The minimum absolute atomic E-state index is 0.293. The highest BCUT2D eigenvalue weighted by molar-refractivity contribution is 5.72. The molecule has 0 aromatic rings. The van der Waals surface area contributed by atoms with Gasteiger partial charge in [0.1, 0.15) is 13.2 Å². The van der Waals surface area contributed by atoms with E-state index in [4.69, 9.17) is 9.84 Å². The Labute approximate surface area is 165 Å². The van der Waals surface area contributed by atoms with Crippen LogP contribution in [0.1, 0.15) is 96.8 Å². The van der Waals surface area contributed by atoms with Crippen LogP contribution < -0.4 is 0 Å². The maximum absolute atomic E-state index is 11.2. The van der Waals surface area contributed by atoms with Crippen LogP contribution in [-0.4, -0.2) is 36.9 Å². The highest BCUT2D eigenvalue weighted by Gasteiger charge is 2.04. The van der Waals surface area contributed by atoms with E-state index in [1.165, 1.54) is 70.6 Å². The summed E-state index contributed by atoms with van der Waals surface area (Å²) in [5, 5.41) is 8.38. The van der Waals surface area contributed by atoms with E-state index in [-0.39, 0.29) is 6.61 Å². The highest BCUT2D eigenvalue weighted by Crippen LogP contribution is 2.10. The third-order valence-corrected chi connectivity index (χ3v) is 4.36. The molecular weight excluding hydrogens is 344 g/mol. The summed E-state index contributed by atoms with van der Waals surface area (Å²) in [6.45, 7) is 1.88. The van der Waals surface area contributed by atoms with Crippen molar-refractivity contribution < 1.29 is 24.2 Å². The van der Waals surface area contributed by atoms with E-state index >= 15 is 0 Å². The molecule has 0 heterocycles. The van der Waals surface area contributed by atoms with Crippen LogP contribution in [-0.2, 0) is 19.1 Å². The molecule has 0 bridgehead atoms. The third kappa shape index (κ3) is 22.6. The molecule has 0 atom stereocenters. The number of allylic oxidation sites excluding steroid dienone is 2. The van der Waals surface area contributed by atoms with Crippen LogP contribution in [0.15, 0.2) is 12.2 Å². The summed E-state index contributed by atoms with van der Waals surface area (Å²) >= 11 is 0. The number of carbonyl (C=O) groups excluding carboxylic acids is 1. The van der Waals surface area contributed by atoms with E-state index in [1.807, 2.05) is 0 Å². The molecule has 0 aromatic heterocycles. The zero-order chi connectivity index (χ0) is 20.0. The van der Waals surface area contributed by atoms with E-state index in [2.05, 4.69) is 23.8 Å². The fraction of sp³-hybridized carbons (Fsp3) is 0.818. The molecule has 0 saturated heterocycles. The molecule has 0 saturated carbocycles. The number of rotatable bonds is 20. The number of unbranched alkanes of at least 4 members (excludes halogenated alkanes) is 12. The Balaban J connectivity index is 3.19. The first-order valence-corrected chi connectivity index (χ1v) is 10.8. The molecule has 0 spiro atoms. The lowest BCUT2D eigenvalue weighted by atomic mass is 10.1. The highest BCUT2D eigenvalue weighted by atomic mass is 16.6. The molecule has 158 valence electrons. The van der Waals surface area contributed by atoms with Crippen LogP contribution in [0, 0.1) is 0 Å². The van der Waals surface area contributed by atoms with Crippen LogP contribution >= 0.6 is 0 Å². The van der Waals surface area contributed by atoms with Gasteiger partial charge in [0, 0.05) is 0 Å². The molecule has 0 aromatic carbocycles. The topological polar surface area (TPSA) is 72.8 Å². The van der Waals surface area contributed by atoms with Gasteiger partial charge in [-0.1, -0.05) is 76.9 Å². The summed E-state index contributed by atoms with van der Waals surface area (Å²) in [5.41, 5.74) is 0. The average molecular weight is 385 g/mol. The zero-order valence-electron chi connectivity index (χ0n) is 17.3. The van der Waals surface area contributed by atoms with Crippen LogP contribution in [0.25, 0.3) is 0 Å². The number of carboxylic acids is 1. The Hall–Kier alpha value is -1.36. The average Bonchev–Trinajstić information content (AvgIpc) is 2.64. The Bertz CT molecular complexity index is 379. The van der Waals surface area contributed by atoms with E-state index < -0.39 is 18.5 Å². The van der Waals surface area contributed by atoms with Gasteiger partial charge in [0.05, 0.1) is 6.61 Å². The Morgan fingerprint density at radius 2 is 1.26 bits per heavy atom. The quantitative estimate of drug-likeness (QED) is 0.166. The second kappa shape index (κ2) is 20.9. The molecule has 0 aliphatic heterocycles. The van der Waals surface area contributed by atoms with Crippen LogP contribution in [0.4, 0.5) is 0 Å². The van der Waals surface area contributed by atoms with Gasteiger partial charge in [0.2, 0.25) is 0 Å². The monoisotopic (exact) mass is 384 g/mol. The summed E-state index contributed by atoms with van der Waals surface area (Å²) in [6.07, 6.45) is 22.1. The normalized spacial score (nSPS) is 11.1.